The van der Waals surface area contributed by atoms with E-state index in [1.165, 1.54) is 6.07 Å². The first-order valence-electron chi connectivity index (χ1n) is 5.51. The summed E-state index contributed by atoms with van der Waals surface area (Å²) in [5.74, 6) is 1.44. The van der Waals surface area contributed by atoms with Gasteiger partial charge in [-0.05, 0) is 29.6 Å². The maximum atomic E-state index is 9.84. The van der Waals surface area contributed by atoms with Crippen LogP contribution in [0.4, 0.5) is 0 Å². The molecule has 0 fully saturated rings. The SMILES string of the molecule is COc1ccc(O)c(-c2nc(-c3ccsc3)no2)c1. The number of rotatable bonds is 3. The lowest BCUT2D eigenvalue weighted by Crippen LogP contribution is -1.85. The van der Waals surface area contributed by atoms with Crippen LogP contribution in [0.5, 0.6) is 11.5 Å². The van der Waals surface area contributed by atoms with Gasteiger partial charge in [0.05, 0.1) is 12.7 Å². The van der Waals surface area contributed by atoms with Gasteiger partial charge < -0.3 is 14.4 Å². The van der Waals surface area contributed by atoms with E-state index in [0.29, 0.717) is 17.1 Å². The van der Waals surface area contributed by atoms with E-state index in [0.717, 1.165) is 5.56 Å². The maximum Gasteiger partial charge on any atom is 0.262 e. The van der Waals surface area contributed by atoms with E-state index >= 15 is 0 Å². The zero-order valence-corrected chi connectivity index (χ0v) is 10.8. The minimum absolute atomic E-state index is 0.0707. The van der Waals surface area contributed by atoms with Gasteiger partial charge in [-0.15, -0.1) is 0 Å². The predicted molar refractivity (Wildman–Crippen MR) is 71.3 cm³/mol. The van der Waals surface area contributed by atoms with Crippen molar-refractivity contribution in [3.63, 3.8) is 0 Å². The molecule has 2 aromatic heterocycles. The summed E-state index contributed by atoms with van der Waals surface area (Å²) < 4.78 is 10.3. The molecule has 0 saturated heterocycles. The van der Waals surface area contributed by atoms with E-state index in [-0.39, 0.29) is 11.6 Å². The topological polar surface area (TPSA) is 68.4 Å². The molecule has 0 unspecified atom stereocenters. The van der Waals surface area contributed by atoms with Crippen molar-refractivity contribution in [3.05, 3.63) is 35.0 Å². The third kappa shape index (κ3) is 2.17. The van der Waals surface area contributed by atoms with Crippen LogP contribution < -0.4 is 4.74 Å². The molecule has 96 valence electrons. The van der Waals surface area contributed by atoms with Crippen LogP contribution in [0, 0.1) is 0 Å². The van der Waals surface area contributed by atoms with Crippen molar-refractivity contribution >= 4 is 11.3 Å². The molecule has 0 atom stereocenters. The number of aromatic nitrogens is 2. The van der Waals surface area contributed by atoms with Gasteiger partial charge >= 0.3 is 0 Å². The van der Waals surface area contributed by atoms with Crippen molar-refractivity contribution in [1.82, 2.24) is 10.1 Å². The molecule has 19 heavy (non-hydrogen) atoms. The Morgan fingerprint density at radius 1 is 1.32 bits per heavy atom. The first-order chi connectivity index (χ1) is 9.28. The van der Waals surface area contributed by atoms with Gasteiger partial charge in [-0.2, -0.15) is 16.3 Å². The van der Waals surface area contributed by atoms with Crippen LogP contribution in [-0.2, 0) is 0 Å². The number of phenolic OH excluding ortho intramolecular Hbond substituents is 1. The quantitative estimate of drug-likeness (QED) is 0.794. The monoisotopic (exact) mass is 274 g/mol. The second-order valence-electron chi connectivity index (χ2n) is 3.82. The number of hydrogen-bond donors (Lipinski definition) is 1. The zero-order valence-electron chi connectivity index (χ0n) is 10.0. The van der Waals surface area contributed by atoms with Gasteiger partial charge in [0.25, 0.3) is 5.89 Å². The van der Waals surface area contributed by atoms with Gasteiger partial charge in [-0.3, -0.25) is 0 Å². The summed E-state index contributed by atoms with van der Waals surface area (Å²) in [6, 6.07) is 6.75. The highest BCUT2D eigenvalue weighted by atomic mass is 32.1. The average Bonchev–Trinajstić information content (AvgIpc) is 3.10. The van der Waals surface area contributed by atoms with Crippen molar-refractivity contribution in [2.45, 2.75) is 0 Å². The highest BCUT2D eigenvalue weighted by Gasteiger charge is 2.15. The Bertz CT molecular complexity index is 692. The Kier molecular flexibility index (Phi) is 2.92. The van der Waals surface area contributed by atoms with Gasteiger partial charge in [-0.1, -0.05) is 5.16 Å². The largest absolute Gasteiger partial charge is 0.507 e. The van der Waals surface area contributed by atoms with Gasteiger partial charge in [0, 0.05) is 10.9 Å². The van der Waals surface area contributed by atoms with Gasteiger partial charge in [-0.25, -0.2) is 0 Å². The molecule has 0 spiro atoms. The summed E-state index contributed by atoms with van der Waals surface area (Å²) in [6.45, 7) is 0. The number of phenols is 1. The third-order valence-corrected chi connectivity index (χ3v) is 3.32. The lowest BCUT2D eigenvalue weighted by molar-refractivity contribution is 0.408. The highest BCUT2D eigenvalue weighted by molar-refractivity contribution is 7.08. The molecule has 0 aliphatic rings. The van der Waals surface area contributed by atoms with Crippen molar-refractivity contribution in [2.75, 3.05) is 7.11 Å². The molecular formula is C13H10N2O3S. The van der Waals surface area contributed by atoms with Crippen LogP contribution in [-0.4, -0.2) is 22.4 Å². The van der Waals surface area contributed by atoms with Crippen LogP contribution >= 0.6 is 11.3 Å². The molecule has 0 aliphatic heterocycles. The first-order valence-corrected chi connectivity index (χ1v) is 6.46. The van der Waals surface area contributed by atoms with Crippen LogP contribution in [0.3, 0.4) is 0 Å². The zero-order chi connectivity index (χ0) is 13.2. The Labute approximate surface area is 113 Å². The molecule has 0 aliphatic carbocycles. The first kappa shape index (κ1) is 11.7. The van der Waals surface area contributed by atoms with Gasteiger partial charge in [0.1, 0.15) is 11.5 Å². The van der Waals surface area contributed by atoms with Gasteiger partial charge in [0.2, 0.25) is 5.82 Å². The number of nitrogens with zero attached hydrogens (tertiary/aromatic N) is 2. The molecule has 3 rings (SSSR count). The molecule has 6 heteroatoms. The van der Waals surface area contributed by atoms with E-state index < -0.39 is 0 Å². The smallest absolute Gasteiger partial charge is 0.262 e. The van der Waals surface area contributed by atoms with E-state index in [4.69, 9.17) is 9.26 Å². The number of benzene rings is 1. The van der Waals surface area contributed by atoms with Crippen molar-refractivity contribution < 1.29 is 14.4 Å². The summed E-state index contributed by atoms with van der Waals surface area (Å²) in [7, 11) is 1.56. The summed E-state index contributed by atoms with van der Waals surface area (Å²) in [5, 5.41) is 17.6. The number of hydrogen-bond acceptors (Lipinski definition) is 6. The summed E-state index contributed by atoms with van der Waals surface area (Å²) in [6.07, 6.45) is 0. The van der Waals surface area contributed by atoms with Crippen molar-refractivity contribution in [2.24, 2.45) is 0 Å². The maximum absolute atomic E-state index is 9.84. The molecule has 3 aromatic rings. The number of methoxy groups -OCH3 is 1. The minimum atomic E-state index is 0.0707. The average molecular weight is 274 g/mol. The molecule has 0 radical (unpaired) electrons. The predicted octanol–water partition coefficient (Wildman–Crippen LogP) is 3.18. The molecule has 5 nitrogen and oxygen atoms in total. The molecular weight excluding hydrogens is 264 g/mol. The lowest BCUT2D eigenvalue weighted by atomic mass is 10.2. The fourth-order valence-corrected chi connectivity index (χ4v) is 2.29. The molecule has 1 N–H and O–H groups in total. The third-order valence-electron chi connectivity index (χ3n) is 2.64. The molecule has 0 saturated carbocycles. The molecule has 2 heterocycles. The molecule has 1 aromatic carbocycles. The fourth-order valence-electron chi connectivity index (χ4n) is 1.66. The molecule has 0 amide bonds. The van der Waals surface area contributed by atoms with Crippen LogP contribution in [0.1, 0.15) is 0 Å². The van der Waals surface area contributed by atoms with Crippen molar-refractivity contribution in [3.8, 4) is 34.3 Å². The van der Waals surface area contributed by atoms with Gasteiger partial charge in [0.15, 0.2) is 0 Å². The van der Waals surface area contributed by atoms with E-state index in [1.807, 2.05) is 16.8 Å². The Morgan fingerprint density at radius 3 is 2.95 bits per heavy atom. The normalized spacial score (nSPS) is 10.6. The Balaban J connectivity index is 2.03. The Hall–Kier alpha value is -2.34. The second-order valence-corrected chi connectivity index (χ2v) is 4.60. The lowest BCUT2D eigenvalue weighted by Gasteiger charge is -2.02. The van der Waals surface area contributed by atoms with Crippen LogP contribution in [0.15, 0.2) is 39.5 Å². The highest BCUT2D eigenvalue weighted by Crippen LogP contribution is 2.32. The molecule has 0 bridgehead atoms. The summed E-state index contributed by atoms with van der Waals surface area (Å²) in [5.41, 5.74) is 1.34. The van der Waals surface area contributed by atoms with Crippen LogP contribution in [0.25, 0.3) is 22.8 Å². The Morgan fingerprint density at radius 2 is 2.21 bits per heavy atom. The van der Waals surface area contributed by atoms with Crippen molar-refractivity contribution in [1.29, 1.82) is 0 Å². The summed E-state index contributed by atoms with van der Waals surface area (Å²) in [4.78, 5) is 4.27. The van der Waals surface area contributed by atoms with E-state index in [9.17, 15) is 5.11 Å². The fraction of sp³-hybridized carbons (Fsp3) is 0.0769. The standard InChI is InChI=1S/C13H10N2O3S/c1-17-9-2-3-11(16)10(6-9)13-14-12(15-18-13)8-4-5-19-7-8/h2-7,16H,1H3. The summed E-state index contributed by atoms with van der Waals surface area (Å²) >= 11 is 1.56. The number of thiophene rings is 1. The van der Waals surface area contributed by atoms with E-state index in [1.54, 1.807) is 30.6 Å². The minimum Gasteiger partial charge on any atom is -0.507 e. The second kappa shape index (κ2) is 4.74. The van der Waals surface area contributed by atoms with Crippen LogP contribution in [0.2, 0.25) is 0 Å². The number of ether oxygens (including phenoxy) is 1. The number of aromatic hydroxyl groups is 1. The van der Waals surface area contributed by atoms with E-state index in [2.05, 4.69) is 10.1 Å².